The van der Waals surface area contributed by atoms with Crippen molar-refractivity contribution in [1.29, 1.82) is 0 Å². The minimum absolute atomic E-state index is 0.0904. The molecule has 6 nitrogen and oxygen atoms in total. The third-order valence-electron chi connectivity index (χ3n) is 3.44. The van der Waals surface area contributed by atoms with Gasteiger partial charge in [0, 0.05) is 5.39 Å². The fourth-order valence-electron chi connectivity index (χ4n) is 2.27. The highest BCUT2D eigenvalue weighted by molar-refractivity contribution is 6.37. The number of hydrogen-bond donors (Lipinski definition) is 2. The molecule has 1 heterocycles. The molecule has 0 aliphatic carbocycles. The monoisotopic (exact) mass is 392 g/mol. The number of carbonyl (C=O) groups excluding carboxylic acids is 1. The predicted octanol–water partition coefficient (Wildman–Crippen LogP) is 4.61. The second kappa shape index (κ2) is 7.68. The number of rotatable bonds is 5. The lowest BCUT2D eigenvalue weighted by Crippen LogP contribution is -2.16. The lowest BCUT2D eigenvalue weighted by Gasteiger charge is -2.01. The lowest BCUT2D eigenvalue weighted by atomic mass is 10.2. The number of amides is 1. The molecule has 2 aromatic carbocycles. The number of ether oxygens (including phenoxy) is 1. The van der Waals surface area contributed by atoms with Crippen LogP contribution in [0.15, 0.2) is 45.9 Å². The fourth-order valence-corrected chi connectivity index (χ4v) is 2.77. The highest BCUT2D eigenvalue weighted by atomic mass is 35.5. The van der Waals surface area contributed by atoms with Gasteiger partial charge in [-0.2, -0.15) is 5.10 Å². The van der Waals surface area contributed by atoms with Gasteiger partial charge in [-0.15, -0.1) is 0 Å². The van der Waals surface area contributed by atoms with Crippen molar-refractivity contribution in [2.45, 2.75) is 6.92 Å². The summed E-state index contributed by atoms with van der Waals surface area (Å²) in [6, 6.07) is 9.85. The van der Waals surface area contributed by atoms with Gasteiger partial charge in [0.25, 0.3) is 0 Å². The molecule has 26 heavy (non-hydrogen) atoms. The first kappa shape index (κ1) is 18.1. The second-order valence-electron chi connectivity index (χ2n) is 5.28. The van der Waals surface area contributed by atoms with Crippen molar-refractivity contribution >= 4 is 46.3 Å². The van der Waals surface area contributed by atoms with Crippen molar-refractivity contribution < 1.29 is 19.1 Å². The molecule has 0 radical (unpaired) electrons. The Hall–Kier alpha value is -2.70. The van der Waals surface area contributed by atoms with Crippen LogP contribution in [0.25, 0.3) is 11.0 Å². The number of aromatic hydroxyl groups is 1. The molecule has 3 rings (SSSR count). The van der Waals surface area contributed by atoms with Crippen LogP contribution >= 0.6 is 23.2 Å². The maximum absolute atomic E-state index is 12.2. The van der Waals surface area contributed by atoms with Crippen molar-refractivity contribution in [2.24, 2.45) is 5.10 Å². The average Bonchev–Trinajstić information content (AvgIpc) is 3.03. The number of carbonyl (C=O) groups is 1. The van der Waals surface area contributed by atoms with Gasteiger partial charge in [0.1, 0.15) is 11.3 Å². The molecule has 1 aromatic heterocycles. The zero-order valence-electron chi connectivity index (χ0n) is 13.6. The van der Waals surface area contributed by atoms with Crippen LogP contribution in [0.3, 0.4) is 0 Å². The van der Waals surface area contributed by atoms with E-state index in [1.165, 1.54) is 18.3 Å². The van der Waals surface area contributed by atoms with Gasteiger partial charge in [0.2, 0.25) is 0 Å². The van der Waals surface area contributed by atoms with Crippen molar-refractivity contribution in [2.75, 3.05) is 6.61 Å². The molecule has 134 valence electrons. The molecule has 3 aromatic rings. The summed E-state index contributed by atoms with van der Waals surface area (Å²) in [7, 11) is 0. The molecule has 0 aliphatic rings. The molecule has 0 fully saturated rings. The highest BCUT2D eigenvalue weighted by Gasteiger charge is 2.12. The van der Waals surface area contributed by atoms with Crippen molar-refractivity contribution in [3.8, 4) is 11.5 Å². The number of nitrogens with zero attached hydrogens (tertiary/aromatic N) is 1. The minimum Gasteiger partial charge on any atom is -0.505 e. The van der Waals surface area contributed by atoms with Gasteiger partial charge in [0.15, 0.2) is 11.5 Å². The van der Waals surface area contributed by atoms with E-state index in [1.54, 1.807) is 24.3 Å². The molecule has 0 saturated carbocycles. The maximum atomic E-state index is 12.2. The van der Waals surface area contributed by atoms with Gasteiger partial charge < -0.3 is 14.3 Å². The van der Waals surface area contributed by atoms with Crippen LogP contribution in [0.1, 0.15) is 23.0 Å². The van der Waals surface area contributed by atoms with E-state index in [2.05, 4.69) is 10.5 Å². The number of phenolic OH excluding ortho intramolecular Hbond substituents is 1. The van der Waals surface area contributed by atoms with Crippen LogP contribution in [-0.2, 0) is 0 Å². The van der Waals surface area contributed by atoms with Crippen LogP contribution < -0.4 is 10.2 Å². The highest BCUT2D eigenvalue weighted by Crippen LogP contribution is 2.32. The SMILES string of the molecule is CCOc1ccc2oc(C(=O)N/N=C/c3cc(Cl)c(O)c(Cl)c3)cc2c1. The van der Waals surface area contributed by atoms with Crippen LogP contribution in [0.5, 0.6) is 11.5 Å². The van der Waals surface area contributed by atoms with E-state index in [9.17, 15) is 9.90 Å². The zero-order valence-corrected chi connectivity index (χ0v) is 15.1. The summed E-state index contributed by atoms with van der Waals surface area (Å²) in [4.78, 5) is 12.2. The third kappa shape index (κ3) is 3.92. The van der Waals surface area contributed by atoms with Gasteiger partial charge in [-0.3, -0.25) is 4.79 Å². The van der Waals surface area contributed by atoms with Gasteiger partial charge in [-0.25, -0.2) is 5.43 Å². The number of nitrogens with one attached hydrogen (secondary N) is 1. The lowest BCUT2D eigenvalue weighted by molar-refractivity contribution is 0.0929. The molecular formula is C18H14Cl2N2O4. The normalized spacial score (nSPS) is 11.2. The van der Waals surface area contributed by atoms with Crippen LogP contribution in [0.4, 0.5) is 0 Å². The Kier molecular flexibility index (Phi) is 5.35. The van der Waals surface area contributed by atoms with Gasteiger partial charge in [0.05, 0.1) is 22.9 Å². The zero-order chi connectivity index (χ0) is 18.7. The second-order valence-corrected chi connectivity index (χ2v) is 6.09. The number of furan rings is 1. The van der Waals surface area contributed by atoms with Crippen molar-refractivity contribution in [1.82, 2.24) is 5.43 Å². The van der Waals surface area contributed by atoms with Crippen molar-refractivity contribution in [3.05, 3.63) is 57.8 Å². The van der Waals surface area contributed by atoms with E-state index in [0.717, 1.165) is 5.39 Å². The molecule has 8 heteroatoms. The predicted molar refractivity (Wildman–Crippen MR) is 101 cm³/mol. The first-order valence-electron chi connectivity index (χ1n) is 7.65. The molecule has 0 saturated heterocycles. The molecule has 0 aliphatic heterocycles. The molecule has 0 bridgehead atoms. The number of hydrazone groups is 1. The number of phenols is 1. The summed E-state index contributed by atoms with van der Waals surface area (Å²) in [5.41, 5.74) is 3.45. The summed E-state index contributed by atoms with van der Waals surface area (Å²) in [5.74, 6) is 0.106. The van der Waals surface area contributed by atoms with Gasteiger partial charge in [-0.1, -0.05) is 23.2 Å². The number of benzene rings is 2. The summed E-state index contributed by atoms with van der Waals surface area (Å²) in [6.45, 7) is 2.45. The van der Waals surface area contributed by atoms with E-state index in [-0.39, 0.29) is 21.6 Å². The Labute approximate surface area is 159 Å². The quantitative estimate of drug-likeness (QED) is 0.490. The van der Waals surface area contributed by atoms with E-state index in [4.69, 9.17) is 32.4 Å². The molecule has 1 amide bonds. The third-order valence-corrected chi connectivity index (χ3v) is 4.02. The van der Waals surface area contributed by atoms with Gasteiger partial charge in [-0.05, 0) is 48.9 Å². The van der Waals surface area contributed by atoms with Crippen molar-refractivity contribution in [3.63, 3.8) is 0 Å². The Balaban J connectivity index is 1.72. The average molecular weight is 393 g/mol. The number of hydrogen-bond acceptors (Lipinski definition) is 5. The summed E-state index contributed by atoms with van der Waals surface area (Å²) < 4.78 is 10.9. The number of halogens is 2. The van der Waals surface area contributed by atoms with Gasteiger partial charge >= 0.3 is 5.91 Å². The van der Waals surface area contributed by atoms with Crippen LogP contribution in [0.2, 0.25) is 10.0 Å². The molecule has 0 atom stereocenters. The minimum atomic E-state index is -0.508. The fraction of sp³-hybridized carbons (Fsp3) is 0.111. The molecule has 0 spiro atoms. The maximum Gasteiger partial charge on any atom is 0.307 e. The van der Waals surface area contributed by atoms with Crippen LogP contribution in [0, 0.1) is 0 Å². The Morgan fingerprint density at radius 1 is 1.27 bits per heavy atom. The van der Waals surface area contributed by atoms with Crippen LogP contribution in [-0.4, -0.2) is 23.8 Å². The van der Waals surface area contributed by atoms with E-state index in [0.29, 0.717) is 23.5 Å². The standard InChI is InChI=1S/C18H14Cl2N2O4/c1-2-25-12-3-4-15-11(7-12)8-16(26-15)18(24)22-21-9-10-5-13(19)17(23)14(20)6-10/h3-9,23H,2H2,1H3,(H,22,24)/b21-9+. The Morgan fingerprint density at radius 2 is 2.00 bits per heavy atom. The Bertz CT molecular complexity index is 975. The summed E-state index contributed by atoms with van der Waals surface area (Å²) in [5, 5.41) is 14.3. The molecule has 2 N–H and O–H groups in total. The smallest absolute Gasteiger partial charge is 0.307 e. The first-order chi connectivity index (χ1) is 12.5. The van der Waals surface area contributed by atoms with E-state index >= 15 is 0 Å². The summed E-state index contributed by atoms with van der Waals surface area (Å²) in [6.07, 6.45) is 1.35. The van der Waals surface area contributed by atoms with E-state index in [1.807, 2.05) is 6.92 Å². The number of fused-ring (bicyclic) bond motifs is 1. The molecule has 0 unspecified atom stereocenters. The summed E-state index contributed by atoms with van der Waals surface area (Å²) >= 11 is 11.7. The largest absolute Gasteiger partial charge is 0.505 e. The topological polar surface area (TPSA) is 84.1 Å². The first-order valence-corrected chi connectivity index (χ1v) is 8.41. The Morgan fingerprint density at radius 3 is 2.69 bits per heavy atom. The van der Waals surface area contributed by atoms with E-state index < -0.39 is 5.91 Å². The molecular weight excluding hydrogens is 379 g/mol.